The zero-order valence-corrected chi connectivity index (χ0v) is 10.0. The summed E-state index contributed by atoms with van der Waals surface area (Å²) in [5.74, 6) is -0.126. The normalized spacial score (nSPS) is 10.5. The molecule has 0 atom stereocenters. The number of benzene rings is 1. The molecule has 0 fully saturated rings. The van der Waals surface area contributed by atoms with E-state index in [1.54, 1.807) is 36.7 Å². The number of hydrogen-bond donors (Lipinski definition) is 1. The number of carbonyl (C=O) groups excluding carboxylic acids is 1. The van der Waals surface area contributed by atoms with E-state index in [1.165, 1.54) is 4.57 Å². The average Bonchev–Trinajstić information content (AvgIpc) is 2.78. The van der Waals surface area contributed by atoms with Crippen LogP contribution in [0, 0.1) is 0 Å². The Kier molecular flexibility index (Phi) is 3.61. The highest BCUT2D eigenvalue weighted by Crippen LogP contribution is 2.16. The molecule has 0 amide bonds. The van der Waals surface area contributed by atoms with Gasteiger partial charge in [-0.15, -0.1) is 0 Å². The fourth-order valence-corrected chi connectivity index (χ4v) is 1.87. The summed E-state index contributed by atoms with van der Waals surface area (Å²) in [7, 11) is 0. The van der Waals surface area contributed by atoms with Gasteiger partial charge in [0.2, 0.25) is 0 Å². The van der Waals surface area contributed by atoms with Gasteiger partial charge in [0.25, 0.3) is 5.91 Å². The van der Waals surface area contributed by atoms with Gasteiger partial charge in [0.1, 0.15) is 0 Å². The topological polar surface area (TPSA) is 48.0 Å². The first-order valence-corrected chi connectivity index (χ1v) is 5.76. The third-order valence-corrected chi connectivity index (χ3v) is 2.86. The van der Waals surface area contributed by atoms with E-state index in [-0.39, 0.29) is 5.91 Å². The highest BCUT2D eigenvalue weighted by atomic mass is 35.5. The van der Waals surface area contributed by atoms with E-state index < -0.39 is 0 Å². The fourth-order valence-electron chi connectivity index (χ4n) is 1.66. The molecule has 17 heavy (non-hydrogen) atoms. The molecule has 0 spiro atoms. The van der Waals surface area contributed by atoms with Crippen molar-refractivity contribution in [2.75, 3.05) is 6.54 Å². The zero-order valence-electron chi connectivity index (χ0n) is 9.27. The molecule has 1 heterocycles. The molecular weight excluding hydrogens is 236 g/mol. The summed E-state index contributed by atoms with van der Waals surface area (Å²) in [5, 5.41) is 0.464. The van der Waals surface area contributed by atoms with Crippen molar-refractivity contribution in [3.05, 3.63) is 58.9 Å². The number of rotatable bonds is 3. The molecule has 0 bridgehead atoms. The SMILES string of the molecule is NCCc1ccn(C(=O)c2ccccc2Cl)c1. The Balaban J connectivity index is 2.28. The first-order valence-electron chi connectivity index (χ1n) is 5.38. The summed E-state index contributed by atoms with van der Waals surface area (Å²) in [6, 6.07) is 8.91. The molecule has 1 aromatic heterocycles. The Morgan fingerprint density at radius 2 is 2.06 bits per heavy atom. The van der Waals surface area contributed by atoms with Gasteiger partial charge >= 0.3 is 0 Å². The van der Waals surface area contributed by atoms with Crippen LogP contribution in [0.25, 0.3) is 0 Å². The van der Waals surface area contributed by atoms with Crippen molar-refractivity contribution in [1.29, 1.82) is 0 Å². The summed E-state index contributed by atoms with van der Waals surface area (Å²) in [5.41, 5.74) is 7.02. The molecule has 2 N–H and O–H groups in total. The standard InChI is InChI=1S/C13H13ClN2O/c14-12-4-2-1-3-11(12)13(17)16-8-6-10(9-16)5-7-15/h1-4,6,8-9H,5,7,15H2. The summed E-state index contributed by atoms with van der Waals surface area (Å²) in [6.07, 6.45) is 4.29. The predicted molar refractivity (Wildman–Crippen MR) is 68.4 cm³/mol. The van der Waals surface area contributed by atoms with Gasteiger partial charge in [-0.1, -0.05) is 23.7 Å². The number of nitrogens with two attached hydrogens (primary N) is 1. The van der Waals surface area contributed by atoms with Crippen molar-refractivity contribution in [2.24, 2.45) is 5.73 Å². The van der Waals surface area contributed by atoms with Crippen molar-refractivity contribution >= 4 is 17.5 Å². The third-order valence-electron chi connectivity index (χ3n) is 2.53. The van der Waals surface area contributed by atoms with Crippen LogP contribution in [0.1, 0.15) is 15.9 Å². The number of hydrogen-bond acceptors (Lipinski definition) is 2. The van der Waals surface area contributed by atoms with Crippen LogP contribution >= 0.6 is 11.6 Å². The van der Waals surface area contributed by atoms with Crippen molar-refractivity contribution in [3.8, 4) is 0 Å². The Hall–Kier alpha value is -1.58. The molecule has 0 saturated heterocycles. The van der Waals surface area contributed by atoms with Crippen molar-refractivity contribution < 1.29 is 4.79 Å². The van der Waals surface area contributed by atoms with E-state index in [9.17, 15) is 4.79 Å². The summed E-state index contributed by atoms with van der Waals surface area (Å²) < 4.78 is 1.53. The van der Waals surface area contributed by atoms with E-state index in [4.69, 9.17) is 17.3 Å². The lowest BCUT2D eigenvalue weighted by molar-refractivity contribution is 0.0960. The lowest BCUT2D eigenvalue weighted by atomic mass is 10.2. The Morgan fingerprint density at radius 1 is 1.29 bits per heavy atom. The molecule has 4 heteroatoms. The van der Waals surface area contributed by atoms with E-state index in [0.29, 0.717) is 17.1 Å². The highest BCUT2D eigenvalue weighted by molar-refractivity contribution is 6.33. The molecule has 0 unspecified atom stereocenters. The minimum absolute atomic E-state index is 0.126. The van der Waals surface area contributed by atoms with Crippen molar-refractivity contribution in [2.45, 2.75) is 6.42 Å². The summed E-state index contributed by atoms with van der Waals surface area (Å²) in [6.45, 7) is 0.574. The smallest absolute Gasteiger partial charge is 0.263 e. The van der Waals surface area contributed by atoms with Gasteiger partial charge in [0.15, 0.2) is 0 Å². The molecule has 3 nitrogen and oxygen atoms in total. The number of halogens is 1. The third kappa shape index (κ3) is 2.57. The van der Waals surface area contributed by atoms with E-state index in [0.717, 1.165) is 12.0 Å². The van der Waals surface area contributed by atoms with Gasteiger partial charge in [0, 0.05) is 12.4 Å². The molecule has 88 valence electrons. The predicted octanol–water partition coefficient (Wildman–Crippen LogP) is 2.33. The van der Waals surface area contributed by atoms with Gasteiger partial charge in [0.05, 0.1) is 10.6 Å². The van der Waals surface area contributed by atoms with Crippen LogP contribution in [0.5, 0.6) is 0 Å². The highest BCUT2D eigenvalue weighted by Gasteiger charge is 2.11. The average molecular weight is 249 g/mol. The van der Waals surface area contributed by atoms with Crippen LogP contribution in [0.3, 0.4) is 0 Å². The summed E-state index contributed by atoms with van der Waals surface area (Å²) >= 11 is 5.98. The molecular formula is C13H13ClN2O. The van der Waals surface area contributed by atoms with Gasteiger partial charge in [-0.3, -0.25) is 9.36 Å². The number of aromatic nitrogens is 1. The van der Waals surface area contributed by atoms with Gasteiger partial charge in [-0.25, -0.2) is 0 Å². The monoisotopic (exact) mass is 248 g/mol. The van der Waals surface area contributed by atoms with E-state index in [2.05, 4.69) is 0 Å². The second kappa shape index (κ2) is 5.17. The van der Waals surface area contributed by atoms with E-state index in [1.807, 2.05) is 6.07 Å². The molecule has 0 aliphatic carbocycles. The molecule has 2 rings (SSSR count). The van der Waals surface area contributed by atoms with Crippen molar-refractivity contribution in [3.63, 3.8) is 0 Å². The minimum atomic E-state index is -0.126. The Bertz CT molecular complexity index is 534. The van der Waals surface area contributed by atoms with Crippen LogP contribution in [0.15, 0.2) is 42.7 Å². The van der Waals surface area contributed by atoms with Crippen LogP contribution in [0.4, 0.5) is 0 Å². The maximum absolute atomic E-state index is 12.1. The molecule has 0 radical (unpaired) electrons. The molecule has 0 aliphatic heterocycles. The quantitative estimate of drug-likeness (QED) is 0.906. The lowest BCUT2D eigenvalue weighted by Crippen LogP contribution is -2.10. The molecule has 0 aliphatic rings. The van der Waals surface area contributed by atoms with E-state index >= 15 is 0 Å². The van der Waals surface area contributed by atoms with Gasteiger partial charge in [-0.05, 0) is 36.7 Å². The molecule has 0 saturated carbocycles. The van der Waals surface area contributed by atoms with Crippen molar-refractivity contribution in [1.82, 2.24) is 4.57 Å². The number of nitrogens with zero attached hydrogens (tertiary/aromatic N) is 1. The van der Waals surface area contributed by atoms with Crippen LogP contribution in [-0.2, 0) is 6.42 Å². The lowest BCUT2D eigenvalue weighted by Gasteiger charge is -2.03. The largest absolute Gasteiger partial charge is 0.330 e. The van der Waals surface area contributed by atoms with Gasteiger partial charge < -0.3 is 5.73 Å². The minimum Gasteiger partial charge on any atom is -0.330 e. The fraction of sp³-hybridized carbons (Fsp3) is 0.154. The second-order valence-corrected chi connectivity index (χ2v) is 4.16. The van der Waals surface area contributed by atoms with Crippen LogP contribution in [-0.4, -0.2) is 17.0 Å². The Morgan fingerprint density at radius 3 is 2.76 bits per heavy atom. The molecule has 2 aromatic rings. The number of carbonyl (C=O) groups is 1. The maximum atomic E-state index is 12.1. The van der Waals surface area contributed by atoms with Crippen LogP contribution in [0.2, 0.25) is 5.02 Å². The first kappa shape index (κ1) is 11.9. The van der Waals surface area contributed by atoms with Gasteiger partial charge in [-0.2, -0.15) is 0 Å². The first-order chi connectivity index (χ1) is 8.22. The van der Waals surface area contributed by atoms with Crippen LogP contribution < -0.4 is 5.73 Å². The zero-order chi connectivity index (χ0) is 12.3. The molecule has 1 aromatic carbocycles. The second-order valence-electron chi connectivity index (χ2n) is 3.75. The Labute approximate surface area is 105 Å². The maximum Gasteiger partial charge on any atom is 0.263 e. The summed E-state index contributed by atoms with van der Waals surface area (Å²) in [4.78, 5) is 12.1.